The maximum absolute atomic E-state index is 12.8. The molecule has 0 aromatic heterocycles. The molecule has 6 atom stereocenters. The van der Waals surface area contributed by atoms with Crippen molar-refractivity contribution in [1.82, 2.24) is 0 Å². The Hall–Kier alpha value is -1.42. The normalized spacial score (nSPS) is 20.4. The Labute approximate surface area is 365 Å². The lowest BCUT2D eigenvalue weighted by Gasteiger charge is -2.41. The summed E-state index contributed by atoms with van der Waals surface area (Å²) < 4.78 is 59.1. The van der Waals surface area contributed by atoms with Crippen molar-refractivity contribution in [3.05, 3.63) is 24.3 Å². The van der Waals surface area contributed by atoms with Gasteiger partial charge in [0, 0.05) is 13.0 Å². The minimum atomic E-state index is -5.06. The number of hydrogen-bond acceptors (Lipinski definition) is 11. The van der Waals surface area contributed by atoms with E-state index in [0.717, 1.165) is 57.8 Å². The van der Waals surface area contributed by atoms with Gasteiger partial charge >= 0.3 is 16.4 Å². The van der Waals surface area contributed by atoms with Gasteiger partial charge in [0.2, 0.25) is 0 Å². The Morgan fingerprint density at radius 3 is 1.52 bits per heavy atom. The number of carbonyl (C=O) groups excluding carboxylic acids is 1. The van der Waals surface area contributed by atoms with Gasteiger partial charge in [-0.05, 0) is 64.2 Å². The molecule has 4 N–H and O–H groups in total. The molecular weight excluding hydrogens is 789 g/mol. The first-order valence-electron chi connectivity index (χ1n) is 24.1. The van der Waals surface area contributed by atoms with Gasteiger partial charge in [0.15, 0.2) is 6.29 Å². The van der Waals surface area contributed by atoms with Crippen LogP contribution >= 0.6 is 0 Å². The predicted octanol–water partition coefficient (Wildman–Crippen LogP) is 10.4. The summed E-state index contributed by atoms with van der Waals surface area (Å²) in [5.74, 6) is -0.407. The maximum Gasteiger partial charge on any atom is 0.397 e. The van der Waals surface area contributed by atoms with E-state index in [1.165, 1.54) is 122 Å². The molecule has 0 aromatic carbocycles. The number of carbonyl (C=O) groups is 1. The zero-order valence-electron chi connectivity index (χ0n) is 37.8. The van der Waals surface area contributed by atoms with Crippen LogP contribution in [0.15, 0.2) is 24.3 Å². The van der Waals surface area contributed by atoms with E-state index in [1.807, 2.05) is 0 Å². The van der Waals surface area contributed by atoms with E-state index >= 15 is 0 Å². The summed E-state index contributed by atoms with van der Waals surface area (Å²) in [5, 5.41) is 30.7. The fourth-order valence-electron chi connectivity index (χ4n) is 7.37. The molecule has 1 saturated heterocycles. The minimum absolute atomic E-state index is 0.0343. The molecule has 0 saturated carbocycles. The molecule has 60 heavy (non-hydrogen) atoms. The molecule has 1 rings (SSSR count). The number of aliphatic hydroxyl groups excluding tert-OH is 3. The second kappa shape index (κ2) is 39.2. The van der Waals surface area contributed by atoms with Crippen molar-refractivity contribution >= 4 is 16.4 Å². The molecule has 1 aliphatic rings. The molecule has 1 aliphatic heterocycles. The lowest BCUT2D eigenvalue weighted by atomic mass is 9.99. The second-order valence-electron chi connectivity index (χ2n) is 16.7. The molecule has 12 nitrogen and oxygen atoms in total. The molecule has 6 unspecified atom stereocenters. The molecule has 0 aromatic rings. The number of aliphatic hydroxyl groups is 3. The molecule has 0 spiro atoms. The molecule has 13 heteroatoms. The Balaban J connectivity index is 2.37. The Morgan fingerprint density at radius 1 is 0.617 bits per heavy atom. The van der Waals surface area contributed by atoms with Crippen LogP contribution in [-0.4, -0.2) is 97.5 Å². The number of rotatable bonds is 42. The summed E-state index contributed by atoms with van der Waals surface area (Å²) in [5.41, 5.74) is 0. The number of allylic oxidation sites excluding steroid dienone is 4. The molecule has 0 bridgehead atoms. The van der Waals surface area contributed by atoms with Crippen molar-refractivity contribution < 1.29 is 56.2 Å². The van der Waals surface area contributed by atoms with Crippen molar-refractivity contribution in [1.29, 1.82) is 0 Å². The largest absolute Gasteiger partial charge is 0.457 e. The monoisotopic (exact) mass is 877 g/mol. The quantitative estimate of drug-likeness (QED) is 0.0198. The third kappa shape index (κ3) is 32.3. The van der Waals surface area contributed by atoms with Crippen LogP contribution in [0.4, 0.5) is 0 Å². The summed E-state index contributed by atoms with van der Waals surface area (Å²) in [6.07, 6.45) is 35.0. The molecular formula is C47H88O12S. The van der Waals surface area contributed by atoms with E-state index in [9.17, 15) is 28.5 Å². The third-order valence-corrected chi connectivity index (χ3v) is 11.5. The van der Waals surface area contributed by atoms with Gasteiger partial charge in [-0.2, -0.15) is 8.42 Å². The van der Waals surface area contributed by atoms with E-state index in [0.29, 0.717) is 13.0 Å². The van der Waals surface area contributed by atoms with Crippen molar-refractivity contribution in [2.24, 2.45) is 0 Å². The van der Waals surface area contributed by atoms with E-state index < -0.39 is 59.8 Å². The van der Waals surface area contributed by atoms with Crippen LogP contribution < -0.4 is 0 Å². The molecule has 0 aliphatic carbocycles. The predicted molar refractivity (Wildman–Crippen MR) is 239 cm³/mol. The summed E-state index contributed by atoms with van der Waals surface area (Å²) in [7, 11) is -5.06. The first-order chi connectivity index (χ1) is 29.1. The van der Waals surface area contributed by atoms with Gasteiger partial charge in [-0.15, -0.1) is 0 Å². The Bertz CT molecular complexity index is 1150. The van der Waals surface area contributed by atoms with Crippen LogP contribution in [0.2, 0.25) is 0 Å². The number of unbranched alkanes of at least 4 members (excludes halogenated alkanes) is 25. The van der Waals surface area contributed by atoms with Gasteiger partial charge in [0.1, 0.15) is 30.5 Å². The van der Waals surface area contributed by atoms with Crippen molar-refractivity contribution in [3.63, 3.8) is 0 Å². The minimum Gasteiger partial charge on any atom is -0.457 e. The molecule has 0 amide bonds. The van der Waals surface area contributed by atoms with Crippen LogP contribution in [0.5, 0.6) is 0 Å². The maximum atomic E-state index is 12.8. The van der Waals surface area contributed by atoms with Gasteiger partial charge in [0.05, 0.1) is 19.8 Å². The summed E-state index contributed by atoms with van der Waals surface area (Å²) in [4.78, 5) is 12.8. The lowest BCUT2D eigenvalue weighted by molar-refractivity contribution is -0.301. The first-order valence-corrected chi connectivity index (χ1v) is 25.5. The van der Waals surface area contributed by atoms with E-state index in [1.54, 1.807) is 0 Å². The standard InChI is InChI=1S/C47H88O12S/c1-3-5-7-9-11-13-15-17-18-19-20-21-22-23-25-27-29-31-33-35-37-55-39-41(40-56-47-45(51)46(59-60(52,53)54)44(50)42(38-48)58-47)57-43(49)36-34-32-30-28-26-24-16-14-12-10-8-6-4-2/h14,16-18,41-42,44-48,50-51H,3-13,15,19-40H2,1-2H3,(H,52,53,54)/b16-14-,18-17-. The second-order valence-corrected chi connectivity index (χ2v) is 17.7. The highest BCUT2D eigenvalue weighted by atomic mass is 32.3. The molecule has 354 valence electrons. The summed E-state index contributed by atoms with van der Waals surface area (Å²) >= 11 is 0. The molecule has 1 heterocycles. The van der Waals surface area contributed by atoms with Gasteiger partial charge in [-0.25, -0.2) is 4.18 Å². The van der Waals surface area contributed by atoms with E-state index in [-0.39, 0.29) is 19.6 Å². The highest BCUT2D eigenvalue weighted by molar-refractivity contribution is 7.80. The third-order valence-electron chi connectivity index (χ3n) is 11.0. The lowest BCUT2D eigenvalue weighted by Crippen LogP contribution is -2.60. The highest BCUT2D eigenvalue weighted by Gasteiger charge is 2.48. The number of hydrogen-bond donors (Lipinski definition) is 4. The van der Waals surface area contributed by atoms with Crippen molar-refractivity contribution in [2.45, 2.75) is 243 Å². The summed E-state index contributed by atoms with van der Waals surface area (Å²) in [6, 6.07) is 0. The van der Waals surface area contributed by atoms with Crippen LogP contribution in [0.3, 0.4) is 0 Å². The fourth-order valence-corrected chi connectivity index (χ4v) is 7.88. The van der Waals surface area contributed by atoms with Crippen LogP contribution in [0, 0.1) is 0 Å². The molecule has 1 fully saturated rings. The van der Waals surface area contributed by atoms with E-state index in [2.05, 4.69) is 42.3 Å². The zero-order valence-corrected chi connectivity index (χ0v) is 38.6. The zero-order chi connectivity index (χ0) is 43.9. The number of ether oxygens (including phenoxy) is 4. The number of esters is 1. The Kier molecular flexibility index (Phi) is 37.0. The first kappa shape index (κ1) is 56.6. The highest BCUT2D eigenvalue weighted by Crippen LogP contribution is 2.26. The van der Waals surface area contributed by atoms with Gasteiger partial charge < -0.3 is 34.3 Å². The van der Waals surface area contributed by atoms with Gasteiger partial charge in [-0.3, -0.25) is 9.35 Å². The topological polar surface area (TPSA) is 178 Å². The fraction of sp³-hybridized carbons (Fsp3) is 0.894. The van der Waals surface area contributed by atoms with Crippen molar-refractivity contribution in [2.75, 3.05) is 26.4 Å². The van der Waals surface area contributed by atoms with Gasteiger partial charge in [0.25, 0.3) is 0 Å². The smallest absolute Gasteiger partial charge is 0.397 e. The Morgan fingerprint density at radius 2 is 1.05 bits per heavy atom. The van der Waals surface area contributed by atoms with Crippen LogP contribution in [-0.2, 0) is 38.3 Å². The average molecular weight is 877 g/mol. The van der Waals surface area contributed by atoms with Gasteiger partial charge in [-0.1, -0.05) is 160 Å². The van der Waals surface area contributed by atoms with Crippen LogP contribution in [0.1, 0.15) is 206 Å². The van der Waals surface area contributed by atoms with E-state index in [4.69, 9.17) is 23.5 Å². The molecule has 0 radical (unpaired) electrons. The van der Waals surface area contributed by atoms with Crippen LogP contribution in [0.25, 0.3) is 0 Å². The summed E-state index contributed by atoms with van der Waals surface area (Å²) in [6.45, 7) is 3.97. The van der Waals surface area contributed by atoms with Crippen molar-refractivity contribution in [3.8, 4) is 0 Å². The average Bonchev–Trinajstić information content (AvgIpc) is 3.22. The SMILES string of the molecule is CCCCCC/C=C\CCCCCCCC(=O)OC(COCCCCCCCCCCCC/C=C\CCCCCCCC)COC1OC(CO)C(O)C(OS(=O)(=O)O)C1O.